The molecule has 0 spiro atoms. The van der Waals surface area contributed by atoms with E-state index >= 15 is 0 Å². The zero-order valence-electron chi connectivity index (χ0n) is 13.8. The number of amides is 2. The lowest BCUT2D eigenvalue weighted by Crippen LogP contribution is -2.29. The summed E-state index contributed by atoms with van der Waals surface area (Å²) in [7, 11) is 3.83. The number of ketones is 1. The highest BCUT2D eigenvalue weighted by Crippen LogP contribution is 2.16. The summed E-state index contributed by atoms with van der Waals surface area (Å²) in [5.74, 6) is -1.60. The van der Waals surface area contributed by atoms with E-state index < -0.39 is 11.8 Å². The zero-order valence-corrected chi connectivity index (χ0v) is 13.8. The van der Waals surface area contributed by atoms with E-state index in [0.29, 0.717) is 16.9 Å². The number of nitrogens with one attached hydrogen (secondary N) is 2. The Kier molecular flexibility index (Phi) is 5.31. The van der Waals surface area contributed by atoms with E-state index in [1.165, 1.54) is 6.92 Å². The molecule has 6 heteroatoms. The van der Waals surface area contributed by atoms with Crippen LogP contribution in [-0.4, -0.2) is 31.7 Å². The quantitative estimate of drug-likeness (QED) is 0.669. The minimum Gasteiger partial charge on any atom is -0.378 e. The lowest BCUT2D eigenvalue weighted by Gasteiger charge is -2.13. The molecule has 0 aliphatic carbocycles. The van der Waals surface area contributed by atoms with E-state index in [-0.39, 0.29) is 5.78 Å². The van der Waals surface area contributed by atoms with E-state index in [4.69, 9.17) is 0 Å². The average molecular weight is 325 g/mol. The van der Waals surface area contributed by atoms with Gasteiger partial charge in [-0.05, 0) is 55.5 Å². The van der Waals surface area contributed by atoms with Gasteiger partial charge in [0, 0.05) is 36.7 Å². The summed E-state index contributed by atoms with van der Waals surface area (Å²) in [6.07, 6.45) is 0. The predicted octanol–water partition coefficient (Wildman–Crippen LogP) is 2.53. The number of carbonyl (C=O) groups is 3. The molecule has 2 N–H and O–H groups in total. The van der Waals surface area contributed by atoms with Crippen molar-refractivity contribution in [3.8, 4) is 0 Å². The first-order valence-electron chi connectivity index (χ1n) is 7.37. The maximum atomic E-state index is 11.9. The highest BCUT2D eigenvalue weighted by atomic mass is 16.2. The fourth-order valence-corrected chi connectivity index (χ4v) is 2.01. The van der Waals surface area contributed by atoms with Gasteiger partial charge in [0.1, 0.15) is 0 Å². The molecule has 0 heterocycles. The molecule has 2 amide bonds. The summed E-state index contributed by atoms with van der Waals surface area (Å²) >= 11 is 0. The Morgan fingerprint density at radius 1 is 0.750 bits per heavy atom. The minimum absolute atomic E-state index is 0.0632. The van der Waals surface area contributed by atoms with Crippen molar-refractivity contribution in [3.05, 3.63) is 54.1 Å². The molecular weight excluding hydrogens is 306 g/mol. The van der Waals surface area contributed by atoms with Crippen molar-refractivity contribution in [3.63, 3.8) is 0 Å². The van der Waals surface area contributed by atoms with Crippen LogP contribution in [0.4, 0.5) is 17.1 Å². The van der Waals surface area contributed by atoms with Gasteiger partial charge in [-0.25, -0.2) is 0 Å². The number of nitrogens with zero attached hydrogens (tertiary/aromatic N) is 1. The highest BCUT2D eigenvalue weighted by molar-refractivity contribution is 6.43. The third-order valence-electron chi connectivity index (χ3n) is 3.40. The lowest BCUT2D eigenvalue weighted by molar-refractivity contribution is -0.132. The molecule has 6 nitrogen and oxygen atoms in total. The van der Waals surface area contributed by atoms with E-state index in [1.54, 1.807) is 36.4 Å². The maximum absolute atomic E-state index is 11.9. The molecule has 2 aromatic carbocycles. The second-order valence-corrected chi connectivity index (χ2v) is 5.48. The normalized spacial score (nSPS) is 9.96. The fraction of sp³-hybridized carbons (Fsp3) is 0.167. The van der Waals surface area contributed by atoms with Crippen LogP contribution in [-0.2, 0) is 9.59 Å². The summed E-state index contributed by atoms with van der Waals surface area (Å²) in [5.41, 5.74) is 2.51. The van der Waals surface area contributed by atoms with Gasteiger partial charge in [-0.2, -0.15) is 0 Å². The van der Waals surface area contributed by atoms with Gasteiger partial charge >= 0.3 is 11.8 Å². The van der Waals surface area contributed by atoms with Crippen molar-refractivity contribution < 1.29 is 14.4 Å². The molecule has 2 rings (SSSR count). The summed E-state index contributed by atoms with van der Waals surface area (Å²) in [6.45, 7) is 1.46. The summed E-state index contributed by atoms with van der Waals surface area (Å²) in [6, 6.07) is 13.5. The number of anilines is 3. The van der Waals surface area contributed by atoms with Crippen molar-refractivity contribution in [2.75, 3.05) is 29.6 Å². The molecule has 0 saturated heterocycles. The lowest BCUT2D eigenvalue weighted by atomic mass is 10.1. The van der Waals surface area contributed by atoms with Gasteiger partial charge in [-0.3, -0.25) is 14.4 Å². The maximum Gasteiger partial charge on any atom is 0.314 e. The first kappa shape index (κ1) is 17.2. The third kappa shape index (κ3) is 4.42. The van der Waals surface area contributed by atoms with Gasteiger partial charge in [-0.1, -0.05) is 0 Å². The number of hydrogen-bond donors (Lipinski definition) is 2. The molecule has 0 aliphatic rings. The Morgan fingerprint density at radius 2 is 1.17 bits per heavy atom. The molecule has 0 radical (unpaired) electrons. The topological polar surface area (TPSA) is 78.5 Å². The Morgan fingerprint density at radius 3 is 1.54 bits per heavy atom. The zero-order chi connectivity index (χ0) is 17.7. The SMILES string of the molecule is CC(=O)c1ccc(NC(=O)C(=O)Nc2ccc(N(C)C)cc2)cc1. The number of hydrogen-bond acceptors (Lipinski definition) is 4. The van der Waals surface area contributed by atoms with Crippen molar-refractivity contribution in [2.24, 2.45) is 0 Å². The smallest absolute Gasteiger partial charge is 0.314 e. The van der Waals surface area contributed by atoms with Crippen LogP contribution in [0.3, 0.4) is 0 Å². The minimum atomic E-state index is -0.776. The molecule has 0 bridgehead atoms. The van der Waals surface area contributed by atoms with Gasteiger partial charge in [0.2, 0.25) is 0 Å². The van der Waals surface area contributed by atoms with Crippen LogP contribution in [0.5, 0.6) is 0 Å². The van der Waals surface area contributed by atoms with Gasteiger partial charge in [0.15, 0.2) is 5.78 Å². The molecule has 0 aliphatic heterocycles. The number of benzene rings is 2. The highest BCUT2D eigenvalue weighted by Gasteiger charge is 2.14. The summed E-state index contributed by atoms with van der Waals surface area (Å²) < 4.78 is 0. The first-order valence-corrected chi connectivity index (χ1v) is 7.37. The van der Waals surface area contributed by atoms with Gasteiger partial charge in [0.25, 0.3) is 0 Å². The van der Waals surface area contributed by atoms with Crippen molar-refractivity contribution in [2.45, 2.75) is 6.92 Å². The van der Waals surface area contributed by atoms with Crippen molar-refractivity contribution in [1.29, 1.82) is 0 Å². The van der Waals surface area contributed by atoms with Crippen molar-refractivity contribution >= 4 is 34.7 Å². The van der Waals surface area contributed by atoms with E-state index in [2.05, 4.69) is 10.6 Å². The average Bonchev–Trinajstić information content (AvgIpc) is 2.55. The van der Waals surface area contributed by atoms with Crippen LogP contribution < -0.4 is 15.5 Å². The second kappa shape index (κ2) is 7.41. The third-order valence-corrected chi connectivity index (χ3v) is 3.40. The Hall–Kier alpha value is -3.15. The van der Waals surface area contributed by atoms with Crippen LogP contribution in [0.2, 0.25) is 0 Å². The van der Waals surface area contributed by atoms with Gasteiger partial charge < -0.3 is 15.5 Å². The van der Waals surface area contributed by atoms with E-state index in [1.807, 2.05) is 31.1 Å². The predicted molar refractivity (Wildman–Crippen MR) is 94.5 cm³/mol. The van der Waals surface area contributed by atoms with Crippen LogP contribution in [0, 0.1) is 0 Å². The van der Waals surface area contributed by atoms with E-state index in [0.717, 1.165) is 5.69 Å². The van der Waals surface area contributed by atoms with Crippen LogP contribution in [0.15, 0.2) is 48.5 Å². The van der Waals surface area contributed by atoms with E-state index in [9.17, 15) is 14.4 Å². The van der Waals surface area contributed by atoms with Crippen LogP contribution >= 0.6 is 0 Å². The molecule has 124 valence electrons. The van der Waals surface area contributed by atoms with Gasteiger partial charge in [-0.15, -0.1) is 0 Å². The Balaban J connectivity index is 1.96. The van der Waals surface area contributed by atoms with Gasteiger partial charge in [0.05, 0.1) is 0 Å². The number of Topliss-reactive ketones (excluding diaryl/α,β-unsaturated/α-hetero) is 1. The molecule has 24 heavy (non-hydrogen) atoms. The first-order chi connectivity index (χ1) is 11.4. The molecule has 0 saturated carbocycles. The monoisotopic (exact) mass is 325 g/mol. The molecular formula is C18H19N3O3. The fourth-order valence-electron chi connectivity index (χ4n) is 2.01. The number of carbonyl (C=O) groups excluding carboxylic acids is 3. The number of rotatable bonds is 4. The Labute approximate surface area is 140 Å². The molecule has 0 unspecified atom stereocenters. The van der Waals surface area contributed by atoms with Crippen LogP contribution in [0.1, 0.15) is 17.3 Å². The molecule has 0 fully saturated rings. The van der Waals surface area contributed by atoms with Crippen molar-refractivity contribution in [1.82, 2.24) is 0 Å². The summed E-state index contributed by atoms with van der Waals surface area (Å²) in [4.78, 5) is 37.0. The Bertz CT molecular complexity index is 750. The van der Waals surface area contributed by atoms with Crippen LogP contribution in [0.25, 0.3) is 0 Å². The molecule has 2 aromatic rings. The summed E-state index contributed by atoms with van der Waals surface area (Å²) in [5, 5.41) is 5.02. The molecule has 0 atom stereocenters. The standard InChI is InChI=1S/C18H19N3O3/c1-12(22)13-4-6-14(7-5-13)19-17(23)18(24)20-15-8-10-16(11-9-15)21(2)3/h4-11H,1-3H3,(H,19,23)(H,20,24). The molecule has 0 aromatic heterocycles. The largest absolute Gasteiger partial charge is 0.378 e. The second-order valence-electron chi connectivity index (χ2n) is 5.48.